The minimum atomic E-state index is -0.0346. The van der Waals surface area contributed by atoms with Crippen molar-refractivity contribution in [2.24, 2.45) is 5.92 Å². The van der Waals surface area contributed by atoms with Gasteiger partial charge in [0.15, 0.2) is 0 Å². The molecule has 7 heteroatoms. The summed E-state index contributed by atoms with van der Waals surface area (Å²) in [7, 11) is 0. The summed E-state index contributed by atoms with van der Waals surface area (Å²) in [5, 5.41) is 4.00. The van der Waals surface area contributed by atoms with Crippen LogP contribution in [0.2, 0.25) is 0 Å². The highest BCUT2D eigenvalue weighted by Gasteiger charge is 2.33. The number of thioether (sulfide) groups is 1. The van der Waals surface area contributed by atoms with E-state index in [1.54, 1.807) is 11.3 Å². The molecule has 5 nitrogen and oxygen atoms in total. The number of H-pyrrole nitrogens is 1. The van der Waals surface area contributed by atoms with Crippen molar-refractivity contribution in [2.75, 3.05) is 5.75 Å². The largest absolute Gasteiger partial charge is 0.348 e. The van der Waals surface area contributed by atoms with E-state index in [0.29, 0.717) is 23.2 Å². The summed E-state index contributed by atoms with van der Waals surface area (Å²) in [6.45, 7) is 2.07. The quantitative estimate of drug-likeness (QED) is 0.576. The summed E-state index contributed by atoms with van der Waals surface area (Å²) >= 11 is 3.15. The lowest BCUT2D eigenvalue weighted by Gasteiger charge is -2.19. The number of nitrogens with one attached hydrogen (secondary N) is 2. The second-order valence-electron chi connectivity index (χ2n) is 8.34. The van der Waals surface area contributed by atoms with E-state index >= 15 is 0 Å². The number of aromatic nitrogens is 2. The van der Waals surface area contributed by atoms with Gasteiger partial charge in [0.2, 0.25) is 5.91 Å². The van der Waals surface area contributed by atoms with E-state index in [9.17, 15) is 9.59 Å². The van der Waals surface area contributed by atoms with Gasteiger partial charge in [0.25, 0.3) is 5.56 Å². The number of hydrogen-bond donors (Lipinski definition) is 2. The standard InChI is InChI=1S/C23H25N3O2S2/c1-13-5-7-14(8-6-13)21(15-9-10-15)26-19(27)12-29-11-18-24-22(28)20-16-3-2-4-17(16)30-23(20)25-18/h5-8,15,21H,2-4,9-12H2,1H3,(H,26,27)(H,24,25,28). The summed E-state index contributed by atoms with van der Waals surface area (Å²) in [5.41, 5.74) is 3.57. The number of benzene rings is 1. The Morgan fingerprint density at radius 2 is 2.10 bits per heavy atom. The Morgan fingerprint density at radius 1 is 1.30 bits per heavy atom. The maximum atomic E-state index is 12.6. The first-order valence-corrected chi connectivity index (χ1v) is 12.5. The maximum absolute atomic E-state index is 12.6. The Balaban J connectivity index is 1.20. The third-order valence-corrected chi connectivity index (χ3v) is 8.07. The number of amides is 1. The highest BCUT2D eigenvalue weighted by Crippen LogP contribution is 2.41. The van der Waals surface area contributed by atoms with Crippen LogP contribution in [0.1, 0.15) is 52.7 Å². The second-order valence-corrected chi connectivity index (χ2v) is 10.4. The highest BCUT2D eigenvalue weighted by atomic mass is 32.2. The van der Waals surface area contributed by atoms with Crippen LogP contribution < -0.4 is 10.9 Å². The third-order valence-electron chi connectivity index (χ3n) is 5.94. The molecule has 0 bridgehead atoms. The molecule has 1 atom stereocenters. The monoisotopic (exact) mass is 439 g/mol. The van der Waals surface area contributed by atoms with Crippen LogP contribution in [-0.2, 0) is 23.4 Å². The highest BCUT2D eigenvalue weighted by molar-refractivity contribution is 7.99. The smallest absolute Gasteiger partial charge is 0.259 e. The van der Waals surface area contributed by atoms with Crippen LogP contribution >= 0.6 is 23.1 Å². The summed E-state index contributed by atoms with van der Waals surface area (Å²) in [6, 6.07) is 8.54. The fraction of sp³-hybridized carbons (Fsp3) is 0.435. The molecule has 30 heavy (non-hydrogen) atoms. The molecule has 2 heterocycles. The first-order chi connectivity index (χ1) is 14.6. The molecule has 2 N–H and O–H groups in total. The molecule has 0 saturated heterocycles. The van der Waals surface area contributed by atoms with Gasteiger partial charge in [0.1, 0.15) is 10.7 Å². The molecule has 1 amide bonds. The lowest BCUT2D eigenvalue weighted by Crippen LogP contribution is -2.31. The molecular formula is C23H25N3O2S2. The zero-order valence-corrected chi connectivity index (χ0v) is 18.6. The van der Waals surface area contributed by atoms with Crippen LogP contribution in [0.25, 0.3) is 10.2 Å². The number of rotatable bonds is 7. The SMILES string of the molecule is Cc1ccc(C(NC(=O)CSCc2nc3sc4c(c3c(=O)[nH]2)CCC4)C2CC2)cc1. The van der Waals surface area contributed by atoms with Crippen molar-refractivity contribution in [1.29, 1.82) is 0 Å². The third kappa shape index (κ3) is 4.05. The van der Waals surface area contributed by atoms with Crippen molar-refractivity contribution in [3.05, 3.63) is 62.0 Å². The van der Waals surface area contributed by atoms with Crippen molar-refractivity contribution in [3.63, 3.8) is 0 Å². The molecule has 1 saturated carbocycles. The van der Waals surface area contributed by atoms with E-state index in [4.69, 9.17) is 0 Å². The van der Waals surface area contributed by atoms with Gasteiger partial charge < -0.3 is 10.3 Å². The zero-order valence-electron chi connectivity index (χ0n) is 17.0. The fourth-order valence-corrected chi connectivity index (χ4v) is 6.23. The summed E-state index contributed by atoms with van der Waals surface area (Å²) in [6.07, 6.45) is 5.51. The number of carbonyl (C=O) groups excluding carboxylic acids is 1. The van der Waals surface area contributed by atoms with E-state index in [2.05, 4.69) is 46.5 Å². The molecule has 1 fully saturated rings. The van der Waals surface area contributed by atoms with Gasteiger partial charge >= 0.3 is 0 Å². The average Bonchev–Trinajstić information content (AvgIpc) is 3.35. The molecule has 2 aliphatic carbocycles. The summed E-state index contributed by atoms with van der Waals surface area (Å²) < 4.78 is 0. The van der Waals surface area contributed by atoms with Gasteiger partial charge in [0, 0.05) is 4.88 Å². The summed E-state index contributed by atoms with van der Waals surface area (Å²) in [5.74, 6) is 2.12. The van der Waals surface area contributed by atoms with Gasteiger partial charge in [-0.1, -0.05) is 29.8 Å². The van der Waals surface area contributed by atoms with E-state index < -0.39 is 0 Å². The number of hydrogen-bond acceptors (Lipinski definition) is 5. The van der Waals surface area contributed by atoms with Gasteiger partial charge in [-0.3, -0.25) is 9.59 Å². The number of carbonyl (C=O) groups is 1. The molecule has 2 aromatic heterocycles. The maximum Gasteiger partial charge on any atom is 0.259 e. The molecule has 5 rings (SSSR count). The molecule has 2 aliphatic rings. The molecule has 156 valence electrons. The topological polar surface area (TPSA) is 74.8 Å². The molecule has 1 unspecified atom stereocenters. The number of nitrogens with zero attached hydrogens (tertiary/aromatic N) is 1. The number of thiophene rings is 1. The van der Waals surface area contributed by atoms with Crippen LogP contribution in [0.5, 0.6) is 0 Å². The van der Waals surface area contributed by atoms with Gasteiger partial charge in [0.05, 0.1) is 22.9 Å². The first kappa shape index (κ1) is 19.8. The van der Waals surface area contributed by atoms with E-state index in [1.165, 1.54) is 46.2 Å². The Bertz CT molecular complexity index is 1150. The Kier molecular flexibility index (Phi) is 5.41. The molecular weight excluding hydrogens is 414 g/mol. The van der Waals surface area contributed by atoms with Crippen LogP contribution in [0.3, 0.4) is 0 Å². The Morgan fingerprint density at radius 3 is 2.87 bits per heavy atom. The average molecular weight is 440 g/mol. The van der Waals surface area contributed by atoms with Crippen LogP contribution in [0, 0.1) is 12.8 Å². The molecule has 0 aliphatic heterocycles. The summed E-state index contributed by atoms with van der Waals surface area (Å²) in [4.78, 5) is 34.9. The second kappa shape index (κ2) is 8.19. The predicted octanol–water partition coefficient (Wildman–Crippen LogP) is 4.28. The minimum Gasteiger partial charge on any atom is -0.348 e. The van der Waals surface area contributed by atoms with Crippen molar-refractivity contribution in [2.45, 2.75) is 50.8 Å². The minimum absolute atomic E-state index is 0.0346. The molecule has 1 aromatic carbocycles. The van der Waals surface area contributed by atoms with Crippen molar-refractivity contribution in [3.8, 4) is 0 Å². The van der Waals surface area contributed by atoms with Crippen LogP contribution in [0.15, 0.2) is 29.1 Å². The lowest BCUT2D eigenvalue weighted by molar-refractivity contribution is -0.119. The van der Waals surface area contributed by atoms with Crippen molar-refractivity contribution < 1.29 is 4.79 Å². The van der Waals surface area contributed by atoms with Gasteiger partial charge in [-0.25, -0.2) is 4.98 Å². The zero-order chi connectivity index (χ0) is 20.7. The van der Waals surface area contributed by atoms with E-state index in [0.717, 1.165) is 29.5 Å². The Labute approximate surface area is 183 Å². The first-order valence-electron chi connectivity index (χ1n) is 10.6. The number of aromatic amines is 1. The number of aryl methyl sites for hydroxylation is 3. The number of fused-ring (bicyclic) bond motifs is 3. The fourth-order valence-electron chi connectivity index (χ4n) is 4.25. The van der Waals surface area contributed by atoms with Gasteiger partial charge in [-0.15, -0.1) is 23.1 Å². The molecule has 0 spiro atoms. The Hall–Kier alpha value is -2.12. The normalized spacial score (nSPS) is 16.6. The van der Waals surface area contributed by atoms with E-state index in [-0.39, 0.29) is 17.5 Å². The van der Waals surface area contributed by atoms with E-state index in [1.807, 2.05) is 0 Å². The lowest BCUT2D eigenvalue weighted by atomic mass is 10.0. The van der Waals surface area contributed by atoms with Gasteiger partial charge in [-0.05, 0) is 56.1 Å². The van der Waals surface area contributed by atoms with Gasteiger partial charge in [-0.2, -0.15) is 0 Å². The molecule has 3 aromatic rings. The molecule has 0 radical (unpaired) electrons. The van der Waals surface area contributed by atoms with Crippen molar-refractivity contribution in [1.82, 2.24) is 15.3 Å². The predicted molar refractivity (Wildman–Crippen MR) is 123 cm³/mol. The van der Waals surface area contributed by atoms with Crippen molar-refractivity contribution >= 4 is 39.2 Å². The van der Waals surface area contributed by atoms with Crippen LogP contribution in [-0.4, -0.2) is 21.6 Å². The van der Waals surface area contributed by atoms with Crippen LogP contribution in [0.4, 0.5) is 0 Å².